The summed E-state index contributed by atoms with van der Waals surface area (Å²) in [5, 5.41) is 17.0. The van der Waals surface area contributed by atoms with E-state index in [-0.39, 0.29) is 17.4 Å². The first-order valence-corrected chi connectivity index (χ1v) is 12.9. The van der Waals surface area contributed by atoms with Crippen LogP contribution in [0, 0.1) is 11.3 Å². The fourth-order valence-corrected chi connectivity index (χ4v) is 5.14. The van der Waals surface area contributed by atoms with Crippen LogP contribution in [-0.4, -0.2) is 24.1 Å². The lowest BCUT2D eigenvalue weighted by molar-refractivity contribution is -0.113. The van der Waals surface area contributed by atoms with Gasteiger partial charge in [0.1, 0.15) is 5.75 Å². The van der Waals surface area contributed by atoms with Crippen LogP contribution in [0.15, 0.2) is 107 Å². The zero-order chi connectivity index (χ0) is 26.2. The second-order valence-electron chi connectivity index (χ2n) is 8.35. The number of rotatable bonds is 9. The van der Waals surface area contributed by atoms with Crippen molar-refractivity contribution in [2.45, 2.75) is 19.8 Å². The highest BCUT2D eigenvalue weighted by atomic mass is 32.2. The van der Waals surface area contributed by atoms with Crippen molar-refractivity contribution in [2.24, 2.45) is 0 Å². The number of anilines is 1. The number of Topliss-reactive ketones (excluding diaryl/α,β-unsaturated/α-hetero) is 1. The van der Waals surface area contributed by atoms with E-state index in [0.29, 0.717) is 45.5 Å². The minimum absolute atomic E-state index is 0.0379. The number of dihydropyridines is 1. The lowest BCUT2D eigenvalue weighted by Gasteiger charge is -2.30. The minimum atomic E-state index is -0.611. The summed E-state index contributed by atoms with van der Waals surface area (Å²) in [6.07, 6.45) is 0. The first-order valence-electron chi connectivity index (χ1n) is 11.9. The van der Waals surface area contributed by atoms with Gasteiger partial charge in [0.2, 0.25) is 0 Å². The average molecular weight is 510 g/mol. The summed E-state index contributed by atoms with van der Waals surface area (Å²) in [4.78, 5) is 26.3. The van der Waals surface area contributed by atoms with E-state index >= 15 is 0 Å². The molecule has 0 saturated carbocycles. The second-order valence-corrected chi connectivity index (χ2v) is 9.34. The zero-order valence-electron chi connectivity index (χ0n) is 20.7. The highest BCUT2D eigenvalue weighted by molar-refractivity contribution is 8.03. The molecular formula is C30H27N3O3S. The van der Waals surface area contributed by atoms with Gasteiger partial charge >= 0.3 is 0 Å². The Morgan fingerprint density at radius 3 is 2.27 bits per heavy atom. The molecule has 0 aliphatic carbocycles. The number of carbonyl (C=O) groups excluding carboxylic acids is 2. The van der Waals surface area contributed by atoms with Gasteiger partial charge in [-0.3, -0.25) is 9.59 Å². The van der Waals surface area contributed by atoms with Gasteiger partial charge in [0, 0.05) is 22.5 Å². The SMILES string of the molecule is CCOc1ccc([C@@H]2C(C#N)=C(SCC(=O)c3ccccc3)NC(C)=C2C(=O)Nc2ccccc2)cc1. The van der Waals surface area contributed by atoms with Crippen LogP contribution in [0.2, 0.25) is 0 Å². The summed E-state index contributed by atoms with van der Waals surface area (Å²) in [5.41, 5.74) is 3.52. The number of thioether (sulfide) groups is 1. The average Bonchev–Trinajstić information content (AvgIpc) is 2.93. The molecule has 1 heterocycles. The Morgan fingerprint density at radius 1 is 1.00 bits per heavy atom. The molecular weight excluding hydrogens is 482 g/mol. The van der Waals surface area contributed by atoms with Gasteiger partial charge in [-0.15, -0.1) is 0 Å². The minimum Gasteiger partial charge on any atom is -0.494 e. The van der Waals surface area contributed by atoms with Crippen LogP contribution in [0.1, 0.15) is 35.7 Å². The maximum atomic E-state index is 13.5. The van der Waals surface area contributed by atoms with Crippen molar-refractivity contribution in [1.29, 1.82) is 5.26 Å². The molecule has 186 valence electrons. The van der Waals surface area contributed by atoms with Crippen LogP contribution in [0.3, 0.4) is 0 Å². The molecule has 1 aliphatic rings. The summed E-state index contributed by atoms with van der Waals surface area (Å²) in [6, 6.07) is 28.0. The quantitative estimate of drug-likeness (QED) is 0.342. The Hall–Kier alpha value is -4.28. The van der Waals surface area contributed by atoms with Crippen LogP contribution in [0.5, 0.6) is 5.75 Å². The van der Waals surface area contributed by atoms with Gasteiger partial charge in [-0.05, 0) is 43.7 Å². The third-order valence-electron chi connectivity index (χ3n) is 5.89. The molecule has 0 bridgehead atoms. The van der Waals surface area contributed by atoms with E-state index in [4.69, 9.17) is 4.74 Å². The predicted octanol–water partition coefficient (Wildman–Crippen LogP) is 6.04. The number of allylic oxidation sites excluding steroid dienone is 2. The number of nitriles is 1. The molecule has 2 N–H and O–H groups in total. The Morgan fingerprint density at radius 2 is 1.65 bits per heavy atom. The maximum Gasteiger partial charge on any atom is 0.254 e. The first kappa shape index (κ1) is 25.8. The number of amides is 1. The fourth-order valence-electron chi connectivity index (χ4n) is 4.15. The molecule has 6 nitrogen and oxygen atoms in total. The largest absolute Gasteiger partial charge is 0.494 e. The number of hydrogen-bond donors (Lipinski definition) is 2. The van der Waals surface area contributed by atoms with Crippen molar-refractivity contribution in [2.75, 3.05) is 17.7 Å². The van der Waals surface area contributed by atoms with Crippen molar-refractivity contribution in [3.05, 3.63) is 118 Å². The van der Waals surface area contributed by atoms with Crippen molar-refractivity contribution in [3.8, 4) is 11.8 Å². The molecule has 0 fully saturated rings. The number of nitrogens with one attached hydrogen (secondary N) is 2. The van der Waals surface area contributed by atoms with Gasteiger partial charge < -0.3 is 15.4 Å². The molecule has 4 rings (SSSR count). The highest BCUT2D eigenvalue weighted by Gasteiger charge is 2.35. The lowest BCUT2D eigenvalue weighted by atomic mass is 9.82. The van der Waals surface area contributed by atoms with Crippen molar-refractivity contribution < 1.29 is 14.3 Å². The Balaban J connectivity index is 1.69. The molecule has 0 radical (unpaired) electrons. The van der Waals surface area contributed by atoms with Crippen molar-refractivity contribution in [1.82, 2.24) is 5.32 Å². The molecule has 0 unspecified atom stereocenters. The summed E-state index contributed by atoms with van der Waals surface area (Å²) in [6.45, 7) is 4.26. The Bertz CT molecular complexity index is 1380. The van der Waals surface area contributed by atoms with Gasteiger partial charge in [0.25, 0.3) is 5.91 Å². The molecule has 0 aromatic heterocycles. The summed E-state index contributed by atoms with van der Waals surface area (Å²) in [5.74, 6) is -0.0789. The third kappa shape index (κ3) is 6.11. The number of benzene rings is 3. The molecule has 1 amide bonds. The molecule has 1 atom stereocenters. The summed E-state index contributed by atoms with van der Waals surface area (Å²) >= 11 is 1.27. The van der Waals surface area contributed by atoms with Crippen molar-refractivity contribution in [3.63, 3.8) is 0 Å². The monoisotopic (exact) mass is 509 g/mol. The summed E-state index contributed by atoms with van der Waals surface area (Å²) in [7, 11) is 0. The van der Waals surface area contributed by atoms with Crippen LogP contribution in [0.25, 0.3) is 0 Å². The van der Waals surface area contributed by atoms with E-state index in [0.717, 1.165) is 5.56 Å². The van der Waals surface area contributed by atoms with Gasteiger partial charge in [-0.1, -0.05) is 72.4 Å². The Labute approximate surface area is 221 Å². The normalized spacial score (nSPS) is 15.0. The molecule has 37 heavy (non-hydrogen) atoms. The van der Waals surface area contributed by atoms with E-state index in [1.165, 1.54) is 11.8 Å². The number of hydrogen-bond acceptors (Lipinski definition) is 6. The van der Waals surface area contributed by atoms with E-state index in [1.54, 1.807) is 12.1 Å². The van der Waals surface area contributed by atoms with Crippen LogP contribution < -0.4 is 15.4 Å². The molecule has 3 aromatic carbocycles. The standard InChI is InChI=1S/C30H27N3O3S/c1-3-36-24-16-14-22(15-17-24)28-25(18-31)30(37-19-26(34)21-10-6-4-7-11-21)32-20(2)27(28)29(35)33-23-12-8-5-9-13-23/h4-17,28,32H,3,19H2,1-2H3,(H,33,35)/t28-/m1/s1. The molecule has 7 heteroatoms. The zero-order valence-corrected chi connectivity index (χ0v) is 21.5. The van der Waals surface area contributed by atoms with Gasteiger partial charge in [-0.25, -0.2) is 0 Å². The maximum absolute atomic E-state index is 13.5. The van der Waals surface area contributed by atoms with E-state index in [9.17, 15) is 14.9 Å². The first-order chi connectivity index (χ1) is 18.0. The molecule has 1 aliphatic heterocycles. The van der Waals surface area contributed by atoms with Gasteiger partial charge in [-0.2, -0.15) is 5.26 Å². The highest BCUT2D eigenvalue weighted by Crippen LogP contribution is 2.41. The molecule has 0 spiro atoms. The van der Waals surface area contributed by atoms with E-state index < -0.39 is 5.92 Å². The summed E-state index contributed by atoms with van der Waals surface area (Å²) < 4.78 is 5.58. The van der Waals surface area contributed by atoms with E-state index in [2.05, 4.69) is 16.7 Å². The number of nitrogens with zero attached hydrogens (tertiary/aromatic N) is 1. The number of para-hydroxylation sites is 1. The van der Waals surface area contributed by atoms with Gasteiger partial charge in [0.15, 0.2) is 5.78 Å². The smallest absolute Gasteiger partial charge is 0.254 e. The Kier molecular flexibility index (Phi) is 8.44. The molecule has 0 saturated heterocycles. The topological polar surface area (TPSA) is 91.2 Å². The second kappa shape index (κ2) is 12.1. The number of ketones is 1. The number of carbonyl (C=O) groups is 2. The van der Waals surface area contributed by atoms with Crippen LogP contribution >= 0.6 is 11.8 Å². The molecule has 3 aromatic rings. The van der Waals surface area contributed by atoms with Crippen molar-refractivity contribution >= 4 is 29.1 Å². The number of ether oxygens (including phenoxy) is 1. The van der Waals surface area contributed by atoms with E-state index in [1.807, 2.05) is 86.6 Å². The van der Waals surface area contributed by atoms with Gasteiger partial charge in [0.05, 0.1) is 34.9 Å². The van der Waals surface area contributed by atoms with Crippen LogP contribution in [0.4, 0.5) is 5.69 Å². The third-order valence-corrected chi connectivity index (χ3v) is 6.91. The van der Waals surface area contributed by atoms with Crippen LogP contribution in [-0.2, 0) is 4.79 Å². The lowest BCUT2D eigenvalue weighted by Crippen LogP contribution is -2.31. The fraction of sp³-hybridized carbons (Fsp3) is 0.167. The predicted molar refractivity (Wildman–Crippen MR) is 147 cm³/mol.